The maximum Gasteiger partial charge on any atom is 0.269 e. The number of hydrogen-bond donors (Lipinski definition) is 0. The second-order valence-electron chi connectivity index (χ2n) is 18.0. The molecule has 0 N–H and O–H groups in total. The summed E-state index contributed by atoms with van der Waals surface area (Å²) in [7, 11) is 3.28. The maximum atomic E-state index is 13.4. The van der Waals surface area contributed by atoms with Crippen LogP contribution >= 0.6 is 23.2 Å². The van der Waals surface area contributed by atoms with E-state index in [9.17, 15) is 20.1 Å². The molecule has 0 aliphatic heterocycles. The van der Waals surface area contributed by atoms with Crippen LogP contribution in [0.2, 0.25) is 10.0 Å². The fourth-order valence-corrected chi connectivity index (χ4v) is 9.66. The number of hydrogen-bond acceptors (Lipinski definition) is 14. The first kappa shape index (κ1) is 50.3. The number of pyridine rings is 6. The lowest BCUT2D eigenvalue weighted by Crippen LogP contribution is -2.26. The molecule has 2 aromatic carbocycles. The Balaban J connectivity index is 0.962. The number of rotatable bonds is 15. The van der Waals surface area contributed by atoms with Crippen molar-refractivity contribution >= 4 is 45.0 Å². The lowest BCUT2D eigenvalue weighted by atomic mass is 10.1. The van der Waals surface area contributed by atoms with E-state index in [2.05, 4.69) is 10.1 Å². The summed E-state index contributed by atoms with van der Waals surface area (Å²) < 4.78 is 24.8. The number of nitriles is 2. The second-order valence-corrected chi connectivity index (χ2v) is 18.8. The van der Waals surface area contributed by atoms with E-state index < -0.39 is 17.2 Å². The maximum absolute atomic E-state index is 13.4. The molecule has 0 amide bonds. The van der Waals surface area contributed by atoms with Gasteiger partial charge in [0.25, 0.3) is 11.1 Å². The number of halogens is 2. The average molecular weight is 1050 g/mol. The Morgan fingerprint density at radius 2 is 1.39 bits per heavy atom. The minimum atomic E-state index is -0.650. The van der Waals surface area contributed by atoms with Crippen molar-refractivity contribution in [2.75, 3.05) is 7.11 Å². The Morgan fingerprint density at radius 1 is 0.737 bits per heavy atom. The number of para-hydroxylation sites is 2. The van der Waals surface area contributed by atoms with E-state index in [1.54, 1.807) is 67.6 Å². The molecule has 0 saturated heterocycles. The van der Waals surface area contributed by atoms with Crippen LogP contribution in [0.4, 0.5) is 0 Å². The van der Waals surface area contributed by atoms with Crippen molar-refractivity contribution < 1.29 is 14.2 Å². The second kappa shape index (κ2) is 20.9. The highest BCUT2D eigenvalue weighted by atomic mass is 35.5. The largest absolute Gasteiger partial charge is 0.486 e. The fourth-order valence-electron chi connectivity index (χ4n) is 9.13. The number of nitrogens with zero attached hydrogens (tertiary/aromatic N) is 13. The van der Waals surface area contributed by atoms with Crippen LogP contribution in [0.1, 0.15) is 75.1 Å². The highest BCUT2D eigenvalue weighted by Gasteiger charge is 2.24. The summed E-state index contributed by atoms with van der Waals surface area (Å²) in [6.07, 6.45) is 7.10. The third kappa shape index (κ3) is 9.82. The third-order valence-corrected chi connectivity index (χ3v) is 13.5. The van der Waals surface area contributed by atoms with E-state index >= 15 is 0 Å². The molecule has 0 spiro atoms. The third-order valence-electron chi connectivity index (χ3n) is 12.8. The smallest absolute Gasteiger partial charge is 0.269 e. The molecule has 1 unspecified atom stereocenters. The van der Waals surface area contributed by atoms with Gasteiger partial charge in [0.1, 0.15) is 59.0 Å². The van der Waals surface area contributed by atoms with Crippen LogP contribution in [0.25, 0.3) is 38.9 Å². The molecule has 0 fully saturated rings. The summed E-state index contributed by atoms with van der Waals surface area (Å²) in [6, 6.07) is 28.0. The van der Waals surface area contributed by atoms with E-state index in [1.807, 2.05) is 86.3 Å². The van der Waals surface area contributed by atoms with Crippen molar-refractivity contribution in [2.24, 2.45) is 7.05 Å². The van der Waals surface area contributed by atoms with Crippen LogP contribution in [-0.4, -0.2) is 60.7 Å². The van der Waals surface area contributed by atoms with Gasteiger partial charge in [-0.05, 0) is 87.9 Å². The molecular formula is C56H45Cl2N13O5. The van der Waals surface area contributed by atoms with E-state index in [4.69, 9.17) is 62.4 Å². The van der Waals surface area contributed by atoms with Gasteiger partial charge in [0.2, 0.25) is 5.88 Å². The van der Waals surface area contributed by atoms with Gasteiger partial charge in [-0.1, -0.05) is 47.5 Å². The Morgan fingerprint density at radius 3 is 2.09 bits per heavy atom. The molecule has 18 nitrogen and oxygen atoms in total. The summed E-state index contributed by atoms with van der Waals surface area (Å²) in [5.74, 6) is 2.21. The lowest BCUT2D eigenvalue weighted by Gasteiger charge is -2.20. The summed E-state index contributed by atoms with van der Waals surface area (Å²) in [5, 5.41) is 30.9. The van der Waals surface area contributed by atoms with Gasteiger partial charge in [-0.3, -0.25) is 14.6 Å². The average Bonchev–Trinajstić information content (AvgIpc) is 4.02. The number of aryl methyl sites for hydroxylation is 4. The predicted molar refractivity (Wildman–Crippen MR) is 285 cm³/mol. The molecule has 20 heteroatoms. The predicted octanol–water partition coefficient (Wildman–Crippen LogP) is 9.27. The summed E-state index contributed by atoms with van der Waals surface area (Å²) in [4.78, 5) is 51.2. The van der Waals surface area contributed by atoms with Crippen molar-refractivity contribution in [3.05, 3.63) is 203 Å². The standard InChI is InChI=1S/C56H45Cl2N13O5/c1-31-26-61-71(27-31)46-20-33(3)63-53-39(46)14-8-16-48(53)75-29-41-43(57)21-37(64-45(41)28-69-17-9-11-35(24-59)55(69)72)22-49-65-54(68(5)67-49)40-19-32(2)62-52-38(40)13-7-15-47(52)76-30-42-44(58)23-50(74-6)66-51(42)34(4)70-18-10-12-36(25-60)56(70)73/h7-21,23,26-27,34H,22,28-30H2,1-6H3. The summed E-state index contributed by atoms with van der Waals surface area (Å²) in [6.45, 7) is 7.48. The van der Waals surface area contributed by atoms with Gasteiger partial charge >= 0.3 is 0 Å². The van der Waals surface area contributed by atoms with Crippen LogP contribution < -0.4 is 25.3 Å². The Bertz CT molecular complexity index is 4150. The topological polar surface area (TPSA) is 219 Å². The van der Waals surface area contributed by atoms with Gasteiger partial charge in [0, 0.05) is 76.2 Å². The van der Waals surface area contributed by atoms with E-state index in [0.29, 0.717) is 78.1 Å². The fraction of sp³-hybridized carbons (Fsp3) is 0.196. The summed E-state index contributed by atoms with van der Waals surface area (Å²) >= 11 is 14.1. The normalized spacial score (nSPS) is 11.7. The van der Waals surface area contributed by atoms with Crippen molar-refractivity contribution in [1.29, 1.82) is 10.5 Å². The van der Waals surface area contributed by atoms with Crippen molar-refractivity contribution in [3.8, 4) is 46.6 Å². The molecule has 378 valence electrons. The number of benzene rings is 2. The molecule has 0 bridgehead atoms. The van der Waals surface area contributed by atoms with Crippen LogP contribution in [-0.2, 0) is 33.2 Å². The van der Waals surface area contributed by atoms with E-state index in [0.717, 1.165) is 33.3 Å². The Hall–Kier alpha value is -9.23. The lowest BCUT2D eigenvalue weighted by molar-refractivity contribution is 0.305. The molecule has 1 atom stereocenters. The Labute approximate surface area is 444 Å². The minimum Gasteiger partial charge on any atom is -0.486 e. The molecule has 0 aliphatic carbocycles. The highest BCUT2D eigenvalue weighted by Crippen LogP contribution is 2.36. The first-order valence-corrected chi connectivity index (χ1v) is 24.6. The summed E-state index contributed by atoms with van der Waals surface area (Å²) in [5.41, 5.74) is 6.76. The number of methoxy groups -OCH3 is 1. The van der Waals surface area contributed by atoms with Gasteiger partial charge in [-0.25, -0.2) is 29.3 Å². The zero-order valence-corrected chi connectivity index (χ0v) is 43.4. The number of fused-ring (bicyclic) bond motifs is 2. The first-order chi connectivity index (χ1) is 36.7. The van der Waals surface area contributed by atoms with Gasteiger partial charge in [-0.15, -0.1) is 0 Å². The highest BCUT2D eigenvalue weighted by molar-refractivity contribution is 6.31. The molecule has 8 heterocycles. The molecule has 0 aliphatic rings. The van der Waals surface area contributed by atoms with Crippen molar-refractivity contribution in [3.63, 3.8) is 0 Å². The van der Waals surface area contributed by atoms with Gasteiger partial charge in [0.05, 0.1) is 59.4 Å². The molecule has 10 aromatic rings. The van der Waals surface area contributed by atoms with Crippen LogP contribution in [0, 0.1) is 43.4 Å². The van der Waals surface area contributed by atoms with E-state index in [-0.39, 0.29) is 43.2 Å². The minimum absolute atomic E-state index is 0.00692. The van der Waals surface area contributed by atoms with Crippen molar-refractivity contribution in [2.45, 2.75) is 59.9 Å². The van der Waals surface area contributed by atoms with Gasteiger partial charge in [-0.2, -0.15) is 20.7 Å². The Kier molecular flexibility index (Phi) is 13.9. The van der Waals surface area contributed by atoms with Crippen LogP contribution in [0.3, 0.4) is 0 Å². The number of ether oxygens (including phenoxy) is 3. The molecule has 0 saturated carbocycles. The van der Waals surface area contributed by atoms with Gasteiger partial charge in [0.15, 0.2) is 11.6 Å². The SMILES string of the molecule is COc1cc(Cl)c(COc2cccc3c(-c4nc(Cc5cc(Cl)c(COc6cccc7c(-n8cc(C)cn8)cc(C)nc67)c(Cn6cccc(C#N)c6=O)n5)nn4C)cc(C)nc23)c(C(C)n2cccc(C#N)c2=O)n1. The van der Waals surface area contributed by atoms with Gasteiger partial charge < -0.3 is 23.3 Å². The first-order valence-electron chi connectivity index (χ1n) is 23.8. The van der Waals surface area contributed by atoms with Crippen molar-refractivity contribution in [1.82, 2.24) is 53.6 Å². The molecule has 8 aromatic heterocycles. The van der Waals surface area contributed by atoms with Crippen LogP contribution in [0.5, 0.6) is 17.4 Å². The molecule has 0 radical (unpaired) electrons. The zero-order chi connectivity index (χ0) is 53.4. The molecule has 76 heavy (non-hydrogen) atoms. The van der Waals surface area contributed by atoms with E-state index in [1.165, 1.54) is 28.4 Å². The molecular weight excluding hydrogens is 1010 g/mol. The monoisotopic (exact) mass is 1050 g/mol. The number of aromatic nitrogens is 11. The zero-order valence-electron chi connectivity index (χ0n) is 41.9. The van der Waals surface area contributed by atoms with Crippen LogP contribution in [0.15, 0.2) is 119 Å². The molecule has 10 rings (SSSR count). The quantitative estimate of drug-likeness (QED) is 0.0934.